The fourth-order valence-corrected chi connectivity index (χ4v) is 5.12. The number of amides is 1. The third-order valence-electron chi connectivity index (χ3n) is 6.42. The molecule has 1 fully saturated rings. The van der Waals surface area contributed by atoms with Gasteiger partial charge in [0.15, 0.2) is 11.6 Å². The number of hydrogen-bond acceptors (Lipinski definition) is 4. The molecule has 2 aliphatic rings. The lowest BCUT2D eigenvalue weighted by Crippen LogP contribution is -2.67. The highest BCUT2D eigenvalue weighted by Crippen LogP contribution is 2.43. The van der Waals surface area contributed by atoms with E-state index >= 15 is 8.78 Å². The molecule has 0 aromatic heterocycles. The van der Waals surface area contributed by atoms with Crippen molar-refractivity contribution in [3.05, 3.63) is 80.2 Å². The molecular weight excluding hydrogens is 558 g/mol. The van der Waals surface area contributed by atoms with Gasteiger partial charge in [-0.3, -0.25) is 9.79 Å². The van der Waals surface area contributed by atoms with Crippen molar-refractivity contribution in [1.82, 2.24) is 9.80 Å². The molecule has 2 aliphatic heterocycles. The first kappa shape index (κ1) is 24.9. The van der Waals surface area contributed by atoms with Crippen LogP contribution in [0, 0.1) is 21.0 Å². The van der Waals surface area contributed by atoms with Gasteiger partial charge in [0.25, 0.3) is 5.91 Å². The molecule has 34 heavy (non-hydrogen) atoms. The van der Waals surface area contributed by atoms with Crippen LogP contribution in [0.1, 0.15) is 35.3 Å². The summed E-state index contributed by atoms with van der Waals surface area (Å²) in [6, 6.07) is 6.47. The number of carbonyl (C=O) groups is 1. The highest BCUT2D eigenvalue weighted by atomic mass is 127. The Labute approximate surface area is 210 Å². The molecule has 2 aromatic carbocycles. The summed E-state index contributed by atoms with van der Waals surface area (Å²) in [6.07, 6.45) is 4.35. The van der Waals surface area contributed by atoms with Crippen molar-refractivity contribution in [1.29, 1.82) is 0 Å². The SMILES string of the molecule is CCN(CC)CC1(O)CN(C(=O)c2ccc(F)c(F)c2C2(c3ccc(I)cc3F)C=CC=N2)C1. The number of allylic oxidation sites excluding steroid dienone is 1. The Hall–Kier alpha value is -2.24. The van der Waals surface area contributed by atoms with Crippen molar-refractivity contribution in [2.45, 2.75) is 25.0 Å². The number of halogens is 4. The number of hydrogen-bond donors (Lipinski definition) is 1. The molecule has 0 bridgehead atoms. The van der Waals surface area contributed by atoms with Gasteiger partial charge in [-0.15, -0.1) is 0 Å². The highest BCUT2D eigenvalue weighted by molar-refractivity contribution is 14.1. The highest BCUT2D eigenvalue weighted by Gasteiger charge is 2.47. The van der Waals surface area contributed by atoms with Gasteiger partial charge in [0.05, 0.1) is 13.1 Å². The topological polar surface area (TPSA) is 56.1 Å². The molecule has 1 amide bonds. The first-order chi connectivity index (χ1) is 16.1. The third kappa shape index (κ3) is 4.29. The van der Waals surface area contributed by atoms with Crippen molar-refractivity contribution in [3.8, 4) is 0 Å². The van der Waals surface area contributed by atoms with Gasteiger partial charge in [-0.1, -0.05) is 19.9 Å². The zero-order valence-electron chi connectivity index (χ0n) is 18.9. The predicted molar refractivity (Wildman–Crippen MR) is 133 cm³/mol. The standard InChI is InChI=1S/C25H25F3IN3O2/c1-3-31(4-2)13-24(34)14-32(15-24)23(33)17-7-9-19(26)22(28)21(17)25(10-5-11-30-25)18-8-6-16(29)12-20(18)27/h5-12,34H,3-4,13-15H2,1-2H3. The summed E-state index contributed by atoms with van der Waals surface area (Å²) in [6.45, 7) is 6.01. The van der Waals surface area contributed by atoms with Crippen LogP contribution in [0.4, 0.5) is 13.2 Å². The molecule has 4 rings (SSSR count). The maximum atomic E-state index is 15.4. The van der Waals surface area contributed by atoms with E-state index < -0.39 is 34.5 Å². The quantitative estimate of drug-likeness (QED) is 0.500. The smallest absolute Gasteiger partial charge is 0.254 e. The second-order valence-corrected chi connectivity index (χ2v) is 9.90. The largest absolute Gasteiger partial charge is 0.385 e. The molecule has 0 saturated carbocycles. The number of β-amino-alcohol motifs (C(OH)–C–C–N with tert-alkyl or cyclic N) is 1. The zero-order valence-corrected chi connectivity index (χ0v) is 21.0. The number of nitrogens with zero attached hydrogens (tertiary/aromatic N) is 3. The van der Waals surface area contributed by atoms with E-state index in [1.54, 1.807) is 6.07 Å². The number of aliphatic hydroxyl groups is 1. The molecule has 0 radical (unpaired) electrons. The molecule has 1 saturated heterocycles. The monoisotopic (exact) mass is 583 g/mol. The number of aliphatic imine (C=N–C) groups is 1. The van der Waals surface area contributed by atoms with Crippen LogP contribution in [-0.2, 0) is 5.54 Å². The first-order valence-corrected chi connectivity index (χ1v) is 12.1. The summed E-state index contributed by atoms with van der Waals surface area (Å²) in [4.78, 5) is 21.2. The van der Waals surface area contributed by atoms with Crippen LogP contribution >= 0.6 is 22.6 Å². The summed E-state index contributed by atoms with van der Waals surface area (Å²) in [5, 5.41) is 10.8. The Kier molecular flexibility index (Phi) is 6.90. The van der Waals surface area contributed by atoms with Gasteiger partial charge in [0.1, 0.15) is 17.0 Å². The first-order valence-electron chi connectivity index (χ1n) is 11.0. The number of likely N-dealkylation sites (tertiary alicyclic amines) is 1. The van der Waals surface area contributed by atoms with E-state index in [9.17, 15) is 14.3 Å². The van der Waals surface area contributed by atoms with Crippen LogP contribution < -0.4 is 0 Å². The lowest BCUT2D eigenvalue weighted by molar-refractivity contribution is -0.0966. The molecule has 0 aliphatic carbocycles. The van der Waals surface area contributed by atoms with E-state index in [2.05, 4.69) is 9.89 Å². The lowest BCUT2D eigenvalue weighted by atomic mass is 9.79. The van der Waals surface area contributed by atoms with Crippen LogP contribution in [0.5, 0.6) is 0 Å². The van der Waals surface area contributed by atoms with Gasteiger partial charge in [-0.2, -0.15) is 0 Å². The van der Waals surface area contributed by atoms with E-state index in [1.165, 1.54) is 41.5 Å². The van der Waals surface area contributed by atoms with Crippen molar-refractivity contribution < 1.29 is 23.1 Å². The van der Waals surface area contributed by atoms with Crippen LogP contribution in [-0.4, -0.2) is 65.4 Å². The van der Waals surface area contributed by atoms with E-state index in [0.29, 0.717) is 10.1 Å². The average molecular weight is 583 g/mol. The Bertz CT molecular complexity index is 1160. The number of benzene rings is 2. The normalized spacial score (nSPS) is 20.8. The summed E-state index contributed by atoms with van der Waals surface area (Å²) in [5.74, 6) is -3.63. The van der Waals surface area contributed by atoms with Gasteiger partial charge >= 0.3 is 0 Å². The van der Waals surface area contributed by atoms with Crippen LogP contribution in [0.2, 0.25) is 0 Å². The van der Waals surface area contributed by atoms with E-state index in [-0.39, 0.29) is 29.8 Å². The minimum atomic E-state index is -1.73. The van der Waals surface area contributed by atoms with Crippen LogP contribution in [0.25, 0.3) is 0 Å². The maximum Gasteiger partial charge on any atom is 0.254 e. The number of carbonyl (C=O) groups excluding carboxylic acids is 1. The molecule has 1 atom stereocenters. The number of rotatable bonds is 7. The summed E-state index contributed by atoms with van der Waals surface area (Å²) in [5.41, 5.74) is -3.26. The molecule has 1 unspecified atom stereocenters. The fourth-order valence-electron chi connectivity index (χ4n) is 4.67. The second-order valence-electron chi connectivity index (χ2n) is 8.66. The van der Waals surface area contributed by atoms with Gasteiger partial charge in [-0.25, -0.2) is 13.2 Å². The average Bonchev–Trinajstić information content (AvgIpc) is 3.27. The Morgan fingerprint density at radius 3 is 2.44 bits per heavy atom. The van der Waals surface area contributed by atoms with Crippen LogP contribution in [0.3, 0.4) is 0 Å². The lowest BCUT2D eigenvalue weighted by Gasteiger charge is -2.48. The van der Waals surface area contributed by atoms with Crippen LogP contribution in [0.15, 0.2) is 47.5 Å². The van der Waals surface area contributed by atoms with E-state index in [4.69, 9.17) is 0 Å². The van der Waals surface area contributed by atoms with Crippen molar-refractivity contribution in [2.24, 2.45) is 4.99 Å². The van der Waals surface area contributed by atoms with E-state index in [1.807, 2.05) is 36.4 Å². The maximum absolute atomic E-state index is 15.4. The van der Waals surface area contributed by atoms with Crippen molar-refractivity contribution >= 4 is 34.7 Å². The third-order valence-corrected chi connectivity index (χ3v) is 7.09. The molecule has 2 heterocycles. The second kappa shape index (κ2) is 9.43. The minimum absolute atomic E-state index is 0.0121. The van der Waals surface area contributed by atoms with Gasteiger partial charge < -0.3 is 14.9 Å². The Morgan fingerprint density at radius 2 is 1.85 bits per heavy atom. The van der Waals surface area contributed by atoms with E-state index in [0.717, 1.165) is 19.2 Å². The fraction of sp³-hybridized carbons (Fsp3) is 0.360. The van der Waals surface area contributed by atoms with Gasteiger partial charge in [0.2, 0.25) is 0 Å². The zero-order chi connectivity index (χ0) is 24.7. The molecular formula is C25H25F3IN3O2. The molecule has 2 aromatic rings. The Morgan fingerprint density at radius 1 is 1.15 bits per heavy atom. The molecule has 180 valence electrons. The minimum Gasteiger partial charge on any atom is -0.385 e. The molecule has 1 N–H and O–H groups in total. The van der Waals surface area contributed by atoms with Crippen molar-refractivity contribution in [2.75, 3.05) is 32.7 Å². The molecule has 5 nitrogen and oxygen atoms in total. The number of likely N-dealkylation sites (N-methyl/N-ethyl adjacent to an activating group) is 1. The van der Waals surface area contributed by atoms with Gasteiger partial charge in [-0.05, 0) is 72.1 Å². The molecule has 9 heteroatoms. The van der Waals surface area contributed by atoms with Gasteiger partial charge in [0, 0.05) is 33.0 Å². The Balaban J connectivity index is 1.75. The predicted octanol–water partition coefficient (Wildman–Crippen LogP) is 4.12. The van der Waals surface area contributed by atoms with Crippen molar-refractivity contribution in [3.63, 3.8) is 0 Å². The molecule has 0 spiro atoms. The summed E-state index contributed by atoms with van der Waals surface area (Å²) < 4.78 is 45.5. The summed E-state index contributed by atoms with van der Waals surface area (Å²) >= 11 is 1.95. The summed E-state index contributed by atoms with van der Waals surface area (Å²) in [7, 11) is 0.